The third-order valence-electron chi connectivity index (χ3n) is 3.46. The van der Waals surface area contributed by atoms with Crippen LogP contribution in [0.25, 0.3) is 0 Å². The number of hydrogen-bond acceptors (Lipinski definition) is 1. The molecule has 3 rings (SSSR count). The first-order valence-corrected chi connectivity index (χ1v) is 5.32. The minimum absolute atomic E-state index is 0.0527. The van der Waals surface area contributed by atoms with E-state index in [0.29, 0.717) is 12.3 Å². The van der Waals surface area contributed by atoms with Crippen LogP contribution < -0.4 is 5.32 Å². The van der Waals surface area contributed by atoms with Crippen molar-refractivity contribution in [3.8, 4) is 0 Å². The third kappa shape index (κ3) is 1.34. The summed E-state index contributed by atoms with van der Waals surface area (Å²) in [7, 11) is 0. The van der Waals surface area contributed by atoms with Crippen LogP contribution in [0.3, 0.4) is 0 Å². The maximum Gasteiger partial charge on any atom is 0.220 e. The van der Waals surface area contributed by atoms with Crippen LogP contribution in [0.5, 0.6) is 0 Å². The van der Waals surface area contributed by atoms with Gasteiger partial charge in [0.25, 0.3) is 0 Å². The van der Waals surface area contributed by atoms with Gasteiger partial charge in [0.2, 0.25) is 5.91 Å². The summed E-state index contributed by atoms with van der Waals surface area (Å²) in [4.78, 5) is 11.3. The van der Waals surface area contributed by atoms with Gasteiger partial charge in [-0.2, -0.15) is 0 Å². The number of hydrogen-bond donors (Lipinski definition) is 1. The lowest BCUT2D eigenvalue weighted by atomic mass is 9.91. The minimum Gasteiger partial charge on any atom is -0.349 e. The fraction of sp³-hybridized carbons (Fsp3) is 0.417. The van der Waals surface area contributed by atoms with E-state index in [9.17, 15) is 9.18 Å². The van der Waals surface area contributed by atoms with Crippen LogP contribution in [-0.4, -0.2) is 5.91 Å². The lowest BCUT2D eigenvalue weighted by Gasteiger charge is -2.26. The molecule has 0 radical (unpaired) electrons. The second-order valence-electron chi connectivity index (χ2n) is 4.39. The average Bonchev–Trinajstić information content (AvgIpc) is 2.56. The predicted octanol–water partition coefficient (Wildman–Crippen LogP) is 1.95. The Labute approximate surface area is 87.5 Å². The molecule has 1 heterocycles. The molecule has 0 spiro atoms. The number of amides is 1. The number of benzene rings is 1. The van der Waals surface area contributed by atoms with Gasteiger partial charge in [-0.15, -0.1) is 0 Å². The predicted molar refractivity (Wildman–Crippen MR) is 53.7 cm³/mol. The summed E-state index contributed by atoms with van der Waals surface area (Å²) in [5, 5.41) is 2.96. The van der Waals surface area contributed by atoms with Crippen molar-refractivity contribution in [2.24, 2.45) is 5.92 Å². The maximum absolute atomic E-state index is 13.1. The van der Waals surface area contributed by atoms with E-state index in [4.69, 9.17) is 0 Å². The first-order valence-electron chi connectivity index (χ1n) is 5.32. The van der Waals surface area contributed by atoms with Gasteiger partial charge >= 0.3 is 0 Å². The molecule has 1 aromatic rings. The molecule has 1 N–H and O–H groups in total. The van der Waals surface area contributed by atoms with Gasteiger partial charge in [-0.3, -0.25) is 4.79 Å². The van der Waals surface area contributed by atoms with Crippen molar-refractivity contribution in [2.45, 2.75) is 25.3 Å². The molecule has 1 saturated heterocycles. The second-order valence-corrected chi connectivity index (χ2v) is 4.39. The fourth-order valence-electron chi connectivity index (χ4n) is 2.72. The maximum atomic E-state index is 13.1. The number of carbonyl (C=O) groups excluding carboxylic acids is 1. The van der Waals surface area contributed by atoms with Gasteiger partial charge < -0.3 is 5.32 Å². The van der Waals surface area contributed by atoms with Crippen LogP contribution in [0.1, 0.15) is 30.0 Å². The van der Waals surface area contributed by atoms with Gasteiger partial charge in [-0.1, -0.05) is 6.07 Å². The molecule has 2 atom stereocenters. The van der Waals surface area contributed by atoms with Gasteiger partial charge in [0, 0.05) is 6.42 Å². The zero-order valence-corrected chi connectivity index (χ0v) is 8.29. The number of piperidine rings is 1. The molecule has 1 aliphatic carbocycles. The Morgan fingerprint density at radius 1 is 1.40 bits per heavy atom. The summed E-state index contributed by atoms with van der Waals surface area (Å²) >= 11 is 0. The van der Waals surface area contributed by atoms with E-state index in [2.05, 4.69) is 5.32 Å². The summed E-state index contributed by atoms with van der Waals surface area (Å²) in [6.45, 7) is 0. The first-order chi connectivity index (χ1) is 7.24. The standard InChI is InChI=1S/C12H12FNO/c13-9-3-1-7-5-8-2-4-11(15)14-12(8)10(7)6-9/h1,3,6,8,12H,2,4-5H2,(H,14,15). The normalized spacial score (nSPS) is 28.2. The molecule has 0 bridgehead atoms. The van der Waals surface area contributed by atoms with Crippen LogP contribution in [0.2, 0.25) is 0 Å². The zero-order valence-electron chi connectivity index (χ0n) is 8.29. The van der Waals surface area contributed by atoms with Crippen molar-refractivity contribution in [3.05, 3.63) is 35.1 Å². The van der Waals surface area contributed by atoms with Crippen LogP contribution in [0.15, 0.2) is 18.2 Å². The Kier molecular flexibility index (Phi) is 1.81. The number of halogens is 1. The van der Waals surface area contributed by atoms with Crippen molar-refractivity contribution < 1.29 is 9.18 Å². The lowest BCUT2D eigenvalue weighted by Crippen LogP contribution is -2.36. The molecule has 1 aliphatic heterocycles. The first kappa shape index (κ1) is 8.89. The molecule has 15 heavy (non-hydrogen) atoms. The van der Waals surface area contributed by atoms with Crippen molar-refractivity contribution in [1.29, 1.82) is 0 Å². The average molecular weight is 205 g/mol. The second kappa shape index (κ2) is 3.05. The van der Waals surface area contributed by atoms with E-state index >= 15 is 0 Å². The highest BCUT2D eigenvalue weighted by Gasteiger charge is 2.36. The summed E-state index contributed by atoms with van der Waals surface area (Å²) in [5.74, 6) is 0.349. The molecule has 0 aromatic heterocycles. The smallest absolute Gasteiger partial charge is 0.220 e. The number of rotatable bonds is 0. The van der Waals surface area contributed by atoms with Crippen LogP contribution in [0, 0.1) is 11.7 Å². The monoisotopic (exact) mass is 205 g/mol. The van der Waals surface area contributed by atoms with Gasteiger partial charge in [0.05, 0.1) is 6.04 Å². The highest BCUT2D eigenvalue weighted by atomic mass is 19.1. The Morgan fingerprint density at radius 3 is 3.13 bits per heavy atom. The molecular weight excluding hydrogens is 193 g/mol. The molecule has 1 fully saturated rings. The number of nitrogens with one attached hydrogen (secondary N) is 1. The van der Waals surface area contributed by atoms with Crippen LogP contribution >= 0.6 is 0 Å². The van der Waals surface area contributed by atoms with Gasteiger partial charge in [0.1, 0.15) is 5.82 Å². The quantitative estimate of drug-likeness (QED) is 0.689. The van der Waals surface area contributed by atoms with E-state index < -0.39 is 0 Å². The third-order valence-corrected chi connectivity index (χ3v) is 3.46. The summed E-state index contributed by atoms with van der Waals surface area (Å²) in [6, 6.07) is 4.95. The SMILES string of the molecule is O=C1CCC2Cc3ccc(F)cc3C2N1. The van der Waals surface area contributed by atoms with Crippen LogP contribution in [-0.2, 0) is 11.2 Å². The van der Waals surface area contributed by atoms with Gasteiger partial charge in [-0.05, 0) is 42.0 Å². The summed E-state index contributed by atoms with van der Waals surface area (Å²) in [6.07, 6.45) is 2.50. The van der Waals surface area contributed by atoms with Gasteiger partial charge in [0.15, 0.2) is 0 Å². The number of fused-ring (bicyclic) bond motifs is 3. The fourth-order valence-corrected chi connectivity index (χ4v) is 2.72. The Bertz CT molecular complexity index is 430. The highest BCUT2D eigenvalue weighted by molar-refractivity contribution is 5.77. The van der Waals surface area contributed by atoms with E-state index in [1.807, 2.05) is 6.07 Å². The lowest BCUT2D eigenvalue weighted by molar-refractivity contribution is -0.124. The van der Waals surface area contributed by atoms with E-state index in [0.717, 1.165) is 18.4 Å². The molecule has 78 valence electrons. The Hall–Kier alpha value is -1.38. The molecule has 1 aromatic carbocycles. The summed E-state index contributed by atoms with van der Waals surface area (Å²) in [5.41, 5.74) is 2.17. The van der Waals surface area contributed by atoms with E-state index in [1.165, 1.54) is 11.6 Å². The topological polar surface area (TPSA) is 29.1 Å². The minimum atomic E-state index is -0.214. The Balaban J connectivity index is 2.02. The molecule has 3 heteroatoms. The molecule has 2 nitrogen and oxygen atoms in total. The Morgan fingerprint density at radius 2 is 2.27 bits per heavy atom. The van der Waals surface area contributed by atoms with Crippen molar-refractivity contribution in [1.82, 2.24) is 5.32 Å². The molecule has 0 saturated carbocycles. The number of carbonyl (C=O) groups is 1. The molecular formula is C12H12FNO. The van der Waals surface area contributed by atoms with Crippen molar-refractivity contribution in [3.63, 3.8) is 0 Å². The summed E-state index contributed by atoms with van der Waals surface area (Å²) < 4.78 is 13.1. The van der Waals surface area contributed by atoms with Gasteiger partial charge in [-0.25, -0.2) is 4.39 Å². The molecule has 1 amide bonds. The zero-order chi connectivity index (χ0) is 10.4. The van der Waals surface area contributed by atoms with E-state index in [1.54, 1.807) is 6.07 Å². The highest BCUT2D eigenvalue weighted by Crippen LogP contribution is 2.40. The van der Waals surface area contributed by atoms with Crippen molar-refractivity contribution >= 4 is 5.91 Å². The largest absolute Gasteiger partial charge is 0.349 e. The van der Waals surface area contributed by atoms with Crippen LogP contribution in [0.4, 0.5) is 4.39 Å². The van der Waals surface area contributed by atoms with Crippen molar-refractivity contribution in [2.75, 3.05) is 0 Å². The molecule has 2 aliphatic rings. The molecule has 2 unspecified atom stereocenters. The van der Waals surface area contributed by atoms with E-state index in [-0.39, 0.29) is 17.8 Å².